The number of rotatable bonds is 2. The van der Waals surface area contributed by atoms with Crippen LogP contribution in [0.1, 0.15) is 0 Å². The van der Waals surface area contributed by atoms with Crippen molar-refractivity contribution in [2.75, 3.05) is 13.7 Å². The van der Waals surface area contributed by atoms with Gasteiger partial charge in [-0.1, -0.05) is 0 Å². The number of hydrogen-bond acceptors (Lipinski definition) is 6. The van der Waals surface area contributed by atoms with Gasteiger partial charge in [0.1, 0.15) is 23.9 Å². The summed E-state index contributed by atoms with van der Waals surface area (Å²) < 4.78 is 4.82. The summed E-state index contributed by atoms with van der Waals surface area (Å²) in [5, 5.41) is 37.3. The summed E-state index contributed by atoms with van der Waals surface area (Å²) in [6.45, 7) is -0.711. The Hall–Kier alpha value is -0.240. The second-order valence-electron chi connectivity index (χ2n) is 3.32. The fraction of sp³-hybridized carbons (Fsp3) is 1.00. The molecule has 0 heterocycles. The monoisotopic (exact) mass is 193 g/mol. The average Bonchev–Trinajstić information content (AvgIpc) is 2.29. The minimum absolute atomic E-state index is 0.711. The lowest BCUT2D eigenvalue weighted by Crippen LogP contribution is -2.53. The molecule has 0 aromatic carbocycles. The molecule has 0 radical (unpaired) electrons. The molecule has 0 aromatic rings. The topological polar surface area (TPSA) is 116 Å². The maximum atomic E-state index is 9.70. The molecule has 13 heavy (non-hydrogen) atoms. The zero-order chi connectivity index (χ0) is 10.2. The smallest absolute Gasteiger partial charge is 0.143 e. The van der Waals surface area contributed by atoms with Crippen LogP contribution in [-0.4, -0.2) is 64.1 Å². The van der Waals surface area contributed by atoms with E-state index in [4.69, 9.17) is 15.6 Å². The number of aliphatic hydroxyl groups excluding tert-OH is 3. The molecule has 78 valence electrons. The molecule has 0 aliphatic heterocycles. The van der Waals surface area contributed by atoms with Crippen LogP contribution in [0, 0.1) is 0 Å². The van der Waals surface area contributed by atoms with Crippen LogP contribution >= 0.6 is 0 Å². The van der Waals surface area contributed by atoms with Crippen molar-refractivity contribution < 1.29 is 25.2 Å². The minimum atomic E-state index is -1.88. The second kappa shape index (κ2) is 3.49. The van der Waals surface area contributed by atoms with Crippen LogP contribution in [-0.2, 0) is 4.74 Å². The molecule has 0 bridgehead atoms. The first-order valence-corrected chi connectivity index (χ1v) is 3.96. The summed E-state index contributed by atoms with van der Waals surface area (Å²) in [6, 6.07) is -0.905. The van der Waals surface area contributed by atoms with Gasteiger partial charge in [0, 0.05) is 7.11 Å². The molecule has 1 rings (SSSR count). The Bertz CT molecular complexity index is 190. The van der Waals surface area contributed by atoms with Gasteiger partial charge in [-0.2, -0.15) is 0 Å². The lowest BCUT2D eigenvalue weighted by Gasteiger charge is -2.30. The molecular formula is C7H15NO5. The lowest BCUT2D eigenvalue weighted by atomic mass is 9.98. The summed E-state index contributed by atoms with van der Waals surface area (Å²) in [6.07, 6.45) is -3.75. The minimum Gasteiger partial charge on any atom is -0.393 e. The summed E-state index contributed by atoms with van der Waals surface area (Å²) in [5.41, 5.74) is 3.59. The number of hydrogen-bond donors (Lipinski definition) is 5. The maximum Gasteiger partial charge on any atom is 0.143 e. The third kappa shape index (κ3) is 1.35. The van der Waals surface area contributed by atoms with E-state index in [9.17, 15) is 15.3 Å². The maximum absolute atomic E-state index is 9.70. The molecule has 1 fully saturated rings. The van der Waals surface area contributed by atoms with Crippen LogP contribution in [0.2, 0.25) is 0 Å². The Labute approximate surface area is 75.6 Å². The molecule has 5 atom stereocenters. The molecule has 0 aromatic heterocycles. The predicted octanol–water partition coefficient (Wildman–Crippen LogP) is -3.21. The first-order valence-electron chi connectivity index (χ1n) is 3.96. The zero-order valence-corrected chi connectivity index (χ0v) is 7.29. The van der Waals surface area contributed by atoms with E-state index >= 15 is 0 Å². The Morgan fingerprint density at radius 1 is 1.46 bits per heavy atom. The van der Waals surface area contributed by atoms with Crippen LogP contribution in [0.3, 0.4) is 0 Å². The van der Waals surface area contributed by atoms with Crippen molar-refractivity contribution in [3.8, 4) is 0 Å². The van der Waals surface area contributed by atoms with Gasteiger partial charge in [0.15, 0.2) is 0 Å². The van der Waals surface area contributed by atoms with E-state index in [0.29, 0.717) is 0 Å². The fourth-order valence-corrected chi connectivity index (χ4v) is 1.73. The van der Waals surface area contributed by atoms with E-state index in [0.717, 1.165) is 0 Å². The van der Waals surface area contributed by atoms with Crippen LogP contribution in [0.15, 0.2) is 0 Å². The first-order chi connectivity index (χ1) is 5.99. The Morgan fingerprint density at radius 2 is 2.00 bits per heavy atom. The van der Waals surface area contributed by atoms with Gasteiger partial charge in [0.2, 0.25) is 0 Å². The van der Waals surface area contributed by atoms with Gasteiger partial charge >= 0.3 is 0 Å². The van der Waals surface area contributed by atoms with E-state index in [-0.39, 0.29) is 0 Å². The predicted molar refractivity (Wildman–Crippen MR) is 42.8 cm³/mol. The average molecular weight is 193 g/mol. The lowest BCUT2D eigenvalue weighted by molar-refractivity contribution is -0.155. The highest BCUT2D eigenvalue weighted by molar-refractivity contribution is 5.11. The zero-order valence-electron chi connectivity index (χ0n) is 7.29. The van der Waals surface area contributed by atoms with Crippen molar-refractivity contribution in [3.63, 3.8) is 0 Å². The number of ether oxygens (including phenoxy) is 1. The summed E-state index contributed by atoms with van der Waals surface area (Å²) >= 11 is 0. The van der Waals surface area contributed by atoms with Crippen molar-refractivity contribution in [2.45, 2.75) is 30.0 Å². The van der Waals surface area contributed by atoms with E-state index in [1.54, 1.807) is 0 Å². The second-order valence-corrected chi connectivity index (χ2v) is 3.32. The molecule has 1 aliphatic carbocycles. The molecule has 0 spiro atoms. The Balaban J connectivity index is 2.93. The molecule has 0 amide bonds. The SMILES string of the molecule is CO[C@H]1[C@H](N)[C@@H](O)[C@H](O)[C@]1(O)CO. The largest absolute Gasteiger partial charge is 0.393 e. The Kier molecular flexibility index (Phi) is 2.91. The first kappa shape index (κ1) is 10.8. The standard InChI is InChI=1S/C7H15NO5/c1-13-6-3(8)4(10)5(11)7(6,12)2-9/h3-6,9-12H,2,8H2,1H3/t3-,4-,5+,6+,7-/m1/s1. The fourth-order valence-electron chi connectivity index (χ4n) is 1.73. The van der Waals surface area contributed by atoms with E-state index in [2.05, 4.69) is 0 Å². The molecule has 1 aliphatic rings. The van der Waals surface area contributed by atoms with Crippen molar-refractivity contribution in [1.29, 1.82) is 0 Å². The van der Waals surface area contributed by atoms with E-state index in [1.807, 2.05) is 0 Å². The van der Waals surface area contributed by atoms with Gasteiger partial charge in [0.05, 0.1) is 12.6 Å². The highest BCUT2D eigenvalue weighted by Gasteiger charge is 2.58. The normalized spacial score (nSPS) is 51.2. The van der Waals surface area contributed by atoms with Gasteiger partial charge in [-0.05, 0) is 0 Å². The van der Waals surface area contributed by atoms with Gasteiger partial charge in [-0.15, -0.1) is 0 Å². The number of nitrogens with two attached hydrogens (primary N) is 1. The molecule has 6 nitrogen and oxygen atoms in total. The quantitative estimate of drug-likeness (QED) is 0.315. The molecule has 0 unspecified atom stereocenters. The molecule has 6 heteroatoms. The van der Waals surface area contributed by atoms with Crippen molar-refractivity contribution >= 4 is 0 Å². The van der Waals surface area contributed by atoms with Crippen LogP contribution in [0.5, 0.6) is 0 Å². The number of aliphatic hydroxyl groups is 4. The molecule has 1 saturated carbocycles. The van der Waals surface area contributed by atoms with Crippen molar-refractivity contribution in [2.24, 2.45) is 5.73 Å². The third-order valence-electron chi connectivity index (χ3n) is 2.58. The third-order valence-corrected chi connectivity index (χ3v) is 2.58. The van der Waals surface area contributed by atoms with Crippen LogP contribution in [0.25, 0.3) is 0 Å². The van der Waals surface area contributed by atoms with Gasteiger partial charge in [-0.25, -0.2) is 0 Å². The highest BCUT2D eigenvalue weighted by atomic mass is 16.5. The van der Waals surface area contributed by atoms with Crippen molar-refractivity contribution in [3.05, 3.63) is 0 Å². The highest BCUT2D eigenvalue weighted by Crippen LogP contribution is 2.31. The summed E-state index contributed by atoms with van der Waals surface area (Å²) in [4.78, 5) is 0. The molecule has 6 N–H and O–H groups in total. The van der Waals surface area contributed by atoms with Gasteiger partial charge in [-0.3, -0.25) is 0 Å². The van der Waals surface area contributed by atoms with E-state index in [1.165, 1.54) is 7.11 Å². The summed E-state index contributed by atoms with van der Waals surface area (Å²) in [5.74, 6) is 0. The van der Waals surface area contributed by atoms with Gasteiger partial charge in [0.25, 0.3) is 0 Å². The molecule has 0 saturated heterocycles. The van der Waals surface area contributed by atoms with Crippen LogP contribution in [0.4, 0.5) is 0 Å². The molecular weight excluding hydrogens is 178 g/mol. The van der Waals surface area contributed by atoms with Gasteiger partial charge < -0.3 is 30.9 Å². The summed E-state index contributed by atoms with van der Waals surface area (Å²) in [7, 11) is 1.29. The Morgan fingerprint density at radius 3 is 2.31 bits per heavy atom. The number of methoxy groups -OCH3 is 1. The van der Waals surface area contributed by atoms with E-state index < -0.39 is 36.6 Å². The van der Waals surface area contributed by atoms with Crippen LogP contribution < -0.4 is 5.73 Å². The van der Waals surface area contributed by atoms with Crippen molar-refractivity contribution in [1.82, 2.24) is 0 Å².